The van der Waals surface area contributed by atoms with Crippen molar-refractivity contribution in [2.24, 2.45) is 5.41 Å². The van der Waals surface area contributed by atoms with Crippen LogP contribution in [0.25, 0.3) is 0 Å². The highest BCUT2D eigenvalue weighted by Crippen LogP contribution is 2.23. The topological polar surface area (TPSA) is 49.6 Å². The zero-order valence-corrected chi connectivity index (χ0v) is 8.51. The maximum Gasteiger partial charge on any atom is 0.187 e. The molecular weight excluding hydrogens is 182 g/mol. The average Bonchev–Trinajstić information content (AvgIpc) is 2.17. The van der Waals surface area contributed by atoms with Crippen LogP contribution < -0.4 is 0 Å². The quantitative estimate of drug-likeness (QED) is 0.545. The van der Waals surface area contributed by atoms with Crippen molar-refractivity contribution in [3.63, 3.8) is 0 Å². The third-order valence-corrected chi connectivity index (χ3v) is 2.74. The Hall–Kier alpha value is -1.08. The number of nitriles is 1. The molecule has 0 aliphatic rings. The van der Waals surface area contributed by atoms with Crippen LogP contribution in [0, 0.1) is 16.7 Å². The molecule has 1 rings (SSSR count). The molecule has 3 nitrogen and oxygen atoms in total. The van der Waals surface area contributed by atoms with Crippen LogP contribution in [0.4, 0.5) is 0 Å². The maximum atomic E-state index is 8.77. The summed E-state index contributed by atoms with van der Waals surface area (Å²) in [7, 11) is 0. The summed E-state index contributed by atoms with van der Waals surface area (Å²) >= 11 is 1.51. The summed E-state index contributed by atoms with van der Waals surface area (Å²) in [5.41, 5.74) is -0.316. The summed E-state index contributed by atoms with van der Waals surface area (Å²) in [5, 5.41) is 9.50. The van der Waals surface area contributed by atoms with Gasteiger partial charge in [0.15, 0.2) is 5.16 Å². The van der Waals surface area contributed by atoms with Gasteiger partial charge in [0.05, 0.1) is 11.5 Å². The Balaban J connectivity index is 2.50. The third-order valence-electron chi connectivity index (χ3n) is 1.41. The fraction of sp³-hybridized carbons (Fsp3) is 0.444. The van der Waals surface area contributed by atoms with Crippen LogP contribution in [0.15, 0.2) is 23.6 Å². The Bertz CT molecular complexity index is 302. The first-order valence-corrected chi connectivity index (χ1v) is 4.94. The second-order valence-corrected chi connectivity index (χ2v) is 4.26. The van der Waals surface area contributed by atoms with Crippen molar-refractivity contribution >= 4 is 11.8 Å². The molecule has 0 radical (unpaired) electrons. The van der Waals surface area contributed by atoms with Crippen LogP contribution in [-0.2, 0) is 0 Å². The summed E-state index contributed by atoms with van der Waals surface area (Å²) in [6.07, 6.45) is 3.41. The van der Waals surface area contributed by atoms with Crippen molar-refractivity contribution in [3.05, 3.63) is 18.5 Å². The first-order chi connectivity index (χ1) is 6.14. The summed E-state index contributed by atoms with van der Waals surface area (Å²) in [4.78, 5) is 8.12. The average molecular weight is 193 g/mol. The SMILES string of the molecule is CC(C)(C#N)CSc1ncccn1. The smallest absolute Gasteiger partial charge is 0.187 e. The lowest BCUT2D eigenvalue weighted by atomic mass is 10.00. The molecule has 0 fully saturated rings. The van der Waals surface area contributed by atoms with Crippen LogP contribution in [-0.4, -0.2) is 15.7 Å². The van der Waals surface area contributed by atoms with E-state index >= 15 is 0 Å². The van der Waals surface area contributed by atoms with E-state index in [-0.39, 0.29) is 5.41 Å². The lowest BCUT2D eigenvalue weighted by Gasteiger charge is -2.12. The van der Waals surface area contributed by atoms with Gasteiger partial charge in [-0.05, 0) is 19.9 Å². The molecule has 1 aromatic rings. The second kappa shape index (κ2) is 4.24. The molecule has 0 bridgehead atoms. The predicted molar refractivity (Wildman–Crippen MR) is 52.2 cm³/mol. The number of nitrogens with zero attached hydrogens (tertiary/aromatic N) is 3. The molecule has 0 aliphatic heterocycles. The van der Waals surface area contributed by atoms with Gasteiger partial charge < -0.3 is 0 Å². The van der Waals surface area contributed by atoms with E-state index in [0.717, 1.165) is 5.16 Å². The van der Waals surface area contributed by atoms with E-state index in [2.05, 4.69) is 16.0 Å². The lowest BCUT2D eigenvalue weighted by Crippen LogP contribution is -2.11. The molecule has 0 saturated carbocycles. The largest absolute Gasteiger partial charge is 0.231 e. The predicted octanol–water partition coefficient (Wildman–Crippen LogP) is 2.12. The van der Waals surface area contributed by atoms with E-state index in [4.69, 9.17) is 5.26 Å². The molecule has 0 N–H and O–H groups in total. The van der Waals surface area contributed by atoms with Crippen molar-refractivity contribution in [1.29, 1.82) is 5.26 Å². The minimum Gasteiger partial charge on any atom is -0.231 e. The summed E-state index contributed by atoms with van der Waals surface area (Å²) in [6, 6.07) is 4.01. The van der Waals surface area contributed by atoms with Gasteiger partial charge in [-0.25, -0.2) is 9.97 Å². The van der Waals surface area contributed by atoms with Gasteiger partial charge in [-0.2, -0.15) is 5.26 Å². The van der Waals surface area contributed by atoms with E-state index in [1.165, 1.54) is 11.8 Å². The standard InChI is InChI=1S/C9H11N3S/c1-9(2,6-10)7-13-8-11-4-3-5-12-8/h3-5H,7H2,1-2H3. The third kappa shape index (κ3) is 3.43. The van der Waals surface area contributed by atoms with Crippen LogP contribution in [0.5, 0.6) is 0 Å². The molecule has 4 heteroatoms. The highest BCUT2D eigenvalue weighted by molar-refractivity contribution is 7.99. The van der Waals surface area contributed by atoms with Crippen LogP contribution >= 0.6 is 11.8 Å². The van der Waals surface area contributed by atoms with Crippen LogP contribution in [0.2, 0.25) is 0 Å². The van der Waals surface area contributed by atoms with E-state index in [9.17, 15) is 0 Å². The molecule has 13 heavy (non-hydrogen) atoms. The van der Waals surface area contributed by atoms with E-state index in [0.29, 0.717) is 5.75 Å². The molecule has 0 unspecified atom stereocenters. The number of hydrogen-bond donors (Lipinski definition) is 0. The Kier molecular flexibility index (Phi) is 3.26. The molecule has 1 aromatic heterocycles. The molecule has 0 aromatic carbocycles. The van der Waals surface area contributed by atoms with Crippen molar-refractivity contribution in [3.8, 4) is 6.07 Å². The maximum absolute atomic E-state index is 8.77. The number of thioether (sulfide) groups is 1. The summed E-state index contributed by atoms with van der Waals surface area (Å²) < 4.78 is 0. The highest BCUT2D eigenvalue weighted by atomic mass is 32.2. The molecule has 0 spiro atoms. The number of rotatable bonds is 3. The number of hydrogen-bond acceptors (Lipinski definition) is 4. The van der Waals surface area contributed by atoms with Crippen molar-refractivity contribution in [2.45, 2.75) is 19.0 Å². The monoisotopic (exact) mass is 193 g/mol. The van der Waals surface area contributed by atoms with Crippen molar-refractivity contribution in [1.82, 2.24) is 9.97 Å². The van der Waals surface area contributed by atoms with Crippen LogP contribution in [0.3, 0.4) is 0 Å². The Morgan fingerprint density at radius 3 is 2.62 bits per heavy atom. The molecule has 1 heterocycles. The van der Waals surface area contributed by atoms with E-state index < -0.39 is 0 Å². The normalized spacial score (nSPS) is 10.8. The lowest BCUT2D eigenvalue weighted by molar-refractivity contribution is 0.573. The zero-order valence-electron chi connectivity index (χ0n) is 7.69. The van der Waals surface area contributed by atoms with Gasteiger partial charge in [-0.15, -0.1) is 0 Å². The van der Waals surface area contributed by atoms with Gasteiger partial charge in [-0.3, -0.25) is 0 Å². The van der Waals surface area contributed by atoms with Gasteiger partial charge in [0, 0.05) is 18.1 Å². The van der Waals surface area contributed by atoms with Gasteiger partial charge >= 0.3 is 0 Å². The molecule has 0 amide bonds. The Labute approximate surface area is 82.2 Å². The molecule has 68 valence electrons. The van der Waals surface area contributed by atoms with E-state index in [1.807, 2.05) is 13.8 Å². The summed E-state index contributed by atoms with van der Waals surface area (Å²) in [6.45, 7) is 3.81. The van der Waals surface area contributed by atoms with Crippen molar-refractivity contribution in [2.75, 3.05) is 5.75 Å². The van der Waals surface area contributed by atoms with Crippen molar-refractivity contribution < 1.29 is 0 Å². The first kappa shape index (κ1) is 10.0. The van der Waals surface area contributed by atoms with Crippen LogP contribution in [0.1, 0.15) is 13.8 Å². The fourth-order valence-electron chi connectivity index (χ4n) is 0.637. The van der Waals surface area contributed by atoms with Gasteiger partial charge in [0.2, 0.25) is 0 Å². The van der Waals surface area contributed by atoms with Gasteiger partial charge in [-0.1, -0.05) is 11.8 Å². The van der Waals surface area contributed by atoms with Gasteiger partial charge in [0.1, 0.15) is 0 Å². The second-order valence-electron chi connectivity index (χ2n) is 3.32. The molecular formula is C9H11N3S. The highest BCUT2D eigenvalue weighted by Gasteiger charge is 2.17. The number of aromatic nitrogens is 2. The molecule has 0 atom stereocenters. The minimum atomic E-state index is -0.316. The fourth-order valence-corrected chi connectivity index (χ4v) is 1.46. The minimum absolute atomic E-state index is 0.316. The molecule has 0 aliphatic carbocycles. The first-order valence-electron chi connectivity index (χ1n) is 3.95. The Morgan fingerprint density at radius 2 is 2.08 bits per heavy atom. The zero-order chi connectivity index (χ0) is 9.73. The van der Waals surface area contributed by atoms with Gasteiger partial charge in [0.25, 0.3) is 0 Å². The Morgan fingerprint density at radius 1 is 1.46 bits per heavy atom. The van der Waals surface area contributed by atoms with E-state index in [1.54, 1.807) is 18.5 Å². The summed E-state index contributed by atoms with van der Waals surface area (Å²) in [5.74, 6) is 0.716. The molecule has 0 saturated heterocycles.